The van der Waals surface area contributed by atoms with Gasteiger partial charge in [-0.15, -0.1) is 0 Å². The fourth-order valence-corrected chi connectivity index (χ4v) is 2.67. The molecule has 0 aromatic heterocycles. The summed E-state index contributed by atoms with van der Waals surface area (Å²) in [7, 11) is 0. The Morgan fingerprint density at radius 2 is 1.92 bits per heavy atom. The molecule has 1 saturated carbocycles. The van der Waals surface area contributed by atoms with Crippen LogP contribution in [0.5, 0.6) is 0 Å². The first-order chi connectivity index (χ1) is 5.92. The van der Waals surface area contributed by atoms with Gasteiger partial charge in [0, 0.05) is 18.6 Å². The van der Waals surface area contributed by atoms with Crippen molar-refractivity contribution in [3.63, 3.8) is 0 Å². The van der Waals surface area contributed by atoms with Crippen LogP contribution in [0.2, 0.25) is 0 Å². The van der Waals surface area contributed by atoms with Crippen LogP contribution >= 0.6 is 0 Å². The molecule has 2 N–H and O–H groups in total. The van der Waals surface area contributed by atoms with E-state index in [-0.39, 0.29) is 0 Å². The van der Waals surface area contributed by atoms with Crippen LogP contribution in [0.25, 0.3) is 0 Å². The van der Waals surface area contributed by atoms with Crippen molar-refractivity contribution in [2.24, 2.45) is 11.8 Å². The highest BCUT2D eigenvalue weighted by Crippen LogP contribution is 2.34. The summed E-state index contributed by atoms with van der Waals surface area (Å²) in [6.07, 6.45) is 6.75. The average Bonchev–Trinajstić information content (AvgIpc) is 2.47. The molecule has 0 aromatic rings. The highest BCUT2D eigenvalue weighted by atomic mass is 16.3. The molecule has 0 radical (unpaired) electrons. The molecule has 70 valence electrons. The third-order valence-corrected chi connectivity index (χ3v) is 3.59. The molecule has 0 amide bonds. The fourth-order valence-electron chi connectivity index (χ4n) is 2.67. The van der Waals surface area contributed by atoms with Gasteiger partial charge in [-0.2, -0.15) is 0 Å². The van der Waals surface area contributed by atoms with Crippen LogP contribution in [0.4, 0.5) is 0 Å². The summed E-state index contributed by atoms with van der Waals surface area (Å²) in [5.41, 5.74) is 0. The molecule has 2 nitrogen and oxygen atoms in total. The predicted molar refractivity (Wildman–Crippen MR) is 48.9 cm³/mol. The topological polar surface area (TPSA) is 32.3 Å². The number of rotatable bonds is 3. The molecule has 1 aliphatic heterocycles. The maximum absolute atomic E-state index is 9.28. The van der Waals surface area contributed by atoms with Gasteiger partial charge in [-0.05, 0) is 18.9 Å². The number of aliphatic hydroxyl groups is 1. The Hall–Kier alpha value is -0.0800. The zero-order chi connectivity index (χ0) is 8.39. The van der Waals surface area contributed by atoms with Gasteiger partial charge >= 0.3 is 0 Å². The van der Waals surface area contributed by atoms with E-state index >= 15 is 0 Å². The molecule has 2 unspecified atom stereocenters. The monoisotopic (exact) mass is 169 g/mol. The number of hydrogen-bond acceptors (Lipinski definition) is 2. The molecule has 2 fully saturated rings. The van der Waals surface area contributed by atoms with Crippen molar-refractivity contribution in [2.45, 2.75) is 38.1 Å². The highest BCUT2D eigenvalue weighted by molar-refractivity contribution is 4.89. The van der Waals surface area contributed by atoms with Crippen molar-refractivity contribution in [2.75, 3.05) is 13.2 Å². The molecule has 1 saturated heterocycles. The van der Waals surface area contributed by atoms with Gasteiger partial charge in [-0.3, -0.25) is 0 Å². The van der Waals surface area contributed by atoms with E-state index in [9.17, 15) is 5.11 Å². The van der Waals surface area contributed by atoms with Crippen LogP contribution in [0.15, 0.2) is 0 Å². The Labute approximate surface area is 74.4 Å². The zero-order valence-corrected chi connectivity index (χ0v) is 7.63. The number of aliphatic hydroxyl groups excluding tert-OH is 1. The largest absolute Gasteiger partial charge is 0.396 e. The summed E-state index contributed by atoms with van der Waals surface area (Å²) in [6, 6.07) is 0.637. The van der Waals surface area contributed by atoms with Gasteiger partial charge in [-0.25, -0.2) is 0 Å². The summed E-state index contributed by atoms with van der Waals surface area (Å²) in [5, 5.41) is 12.7. The van der Waals surface area contributed by atoms with Gasteiger partial charge in [0.05, 0.1) is 0 Å². The van der Waals surface area contributed by atoms with Crippen molar-refractivity contribution in [3.05, 3.63) is 0 Å². The molecule has 2 aliphatic rings. The quantitative estimate of drug-likeness (QED) is 0.664. The molecular weight excluding hydrogens is 150 g/mol. The summed E-state index contributed by atoms with van der Waals surface area (Å²) < 4.78 is 0. The molecule has 1 aliphatic carbocycles. The summed E-state index contributed by atoms with van der Waals surface area (Å²) in [5.74, 6) is 1.37. The van der Waals surface area contributed by atoms with E-state index in [2.05, 4.69) is 5.32 Å². The van der Waals surface area contributed by atoms with Crippen LogP contribution in [-0.2, 0) is 0 Å². The molecule has 0 aromatic carbocycles. The Morgan fingerprint density at radius 3 is 2.33 bits per heavy atom. The van der Waals surface area contributed by atoms with Crippen molar-refractivity contribution in [1.82, 2.24) is 5.32 Å². The molecule has 2 rings (SSSR count). The Kier molecular flexibility index (Phi) is 2.66. The van der Waals surface area contributed by atoms with E-state index in [0.717, 1.165) is 12.5 Å². The minimum Gasteiger partial charge on any atom is -0.396 e. The van der Waals surface area contributed by atoms with Crippen LogP contribution in [0.3, 0.4) is 0 Å². The zero-order valence-electron chi connectivity index (χ0n) is 7.63. The number of nitrogens with one attached hydrogen (secondary N) is 1. The molecule has 0 bridgehead atoms. The molecule has 12 heavy (non-hydrogen) atoms. The second kappa shape index (κ2) is 3.75. The SMILES string of the molecule is OCC(C1CCCC1)C1CCN1. The minimum atomic E-state index is 0.391. The van der Waals surface area contributed by atoms with Crippen molar-refractivity contribution in [1.29, 1.82) is 0 Å². The van der Waals surface area contributed by atoms with Crippen molar-refractivity contribution >= 4 is 0 Å². The van der Waals surface area contributed by atoms with Gasteiger partial charge < -0.3 is 10.4 Å². The lowest BCUT2D eigenvalue weighted by Crippen LogP contribution is -2.51. The van der Waals surface area contributed by atoms with Crippen LogP contribution < -0.4 is 5.32 Å². The second-order valence-electron chi connectivity index (χ2n) is 4.24. The lowest BCUT2D eigenvalue weighted by molar-refractivity contribution is 0.109. The maximum Gasteiger partial charge on any atom is 0.0476 e. The standard InChI is InChI=1S/C10H19NO/c12-7-9(10-5-6-11-10)8-3-1-2-4-8/h8-12H,1-7H2. The van der Waals surface area contributed by atoms with Gasteiger partial charge in [0.15, 0.2) is 0 Å². The van der Waals surface area contributed by atoms with E-state index < -0.39 is 0 Å². The van der Waals surface area contributed by atoms with Gasteiger partial charge in [-0.1, -0.05) is 25.7 Å². The van der Waals surface area contributed by atoms with E-state index in [1.54, 1.807) is 0 Å². The molecule has 2 atom stereocenters. The van der Waals surface area contributed by atoms with E-state index in [1.807, 2.05) is 0 Å². The molecular formula is C10H19NO. The van der Waals surface area contributed by atoms with E-state index in [4.69, 9.17) is 0 Å². The van der Waals surface area contributed by atoms with Crippen LogP contribution in [0.1, 0.15) is 32.1 Å². The fraction of sp³-hybridized carbons (Fsp3) is 1.00. The Balaban J connectivity index is 1.87. The lowest BCUT2D eigenvalue weighted by atomic mass is 9.81. The molecule has 2 heteroatoms. The third-order valence-electron chi connectivity index (χ3n) is 3.59. The predicted octanol–water partition coefficient (Wildman–Crippen LogP) is 1.15. The lowest BCUT2D eigenvalue weighted by Gasteiger charge is -2.37. The summed E-state index contributed by atoms with van der Waals surface area (Å²) in [6.45, 7) is 1.55. The summed E-state index contributed by atoms with van der Waals surface area (Å²) >= 11 is 0. The normalized spacial score (nSPS) is 33.2. The minimum absolute atomic E-state index is 0.391. The Bertz CT molecular complexity index is 139. The van der Waals surface area contributed by atoms with Crippen LogP contribution in [0, 0.1) is 11.8 Å². The first-order valence-electron chi connectivity index (χ1n) is 5.26. The maximum atomic E-state index is 9.28. The van der Waals surface area contributed by atoms with E-state index in [1.165, 1.54) is 32.1 Å². The van der Waals surface area contributed by atoms with E-state index in [0.29, 0.717) is 18.6 Å². The Morgan fingerprint density at radius 1 is 1.25 bits per heavy atom. The summed E-state index contributed by atoms with van der Waals surface area (Å²) in [4.78, 5) is 0. The average molecular weight is 169 g/mol. The molecule has 0 spiro atoms. The number of hydrogen-bond donors (Lipinski definition) is 2. The van der Waals surface area contributed by atoms with Crippen molar-refractivity contribution < 1.29 is 5.11 Å². The smallest absolute Gasteiger partial charge is 0.0476 e. The first kappa shape index (κ1) is 8.52. The van der Waals surface area contributed by atoms with Crippen LogP contribution in [-0.4, -0.2) is 24.3 Å². The first-order valence-corrected chi connectivity index (χ1v) is 5.26. The van der Waals surface area contributed by atoms with Gasteiger partial charge in [0.1, 0.15) is 0 Å². The third kappa shape index (κ3) is 1.50. The van der Waals surface area contributed by atoms with Gasteiger partial charge in [0.25, 0.3) is 0 Å². The second-order valence-corrected chi connectivity index (χ2v) is 4.24. The van der Waals surface area contributed by atoms with Gasteiger partial charge in [0.2, 0.25) is 0 Å². The van der Waals surface area contributed by atoms with Crippen molar-refractivity contribution in [3.8, 4) is 0 Å². The molecule has 1 heterocycles. The highest BCUT2D eigenvalue weighted by Gasteiger charge is 2.33.